The summed E-state index contributed by atoms with van der Waals surface area (Å²) >= 11 is 0. The molecule has 3 rings (SSSR count). The van der Waals surface area contributed by atoms with Gasteiger partial charge < -0.3 is 4.90 Å². The highest BCUT2D eigenvalue weighted by molar-refractivity contribution is 5.87. The van der Waals surface area contributed by atoms with Crippen molar-refractivity contribution in [3.63, 3.8) is 0 Å². The van der Waals surface area contributed by atoms with Crippen molar-refractivity contribution in [2.45, 2.75) is 26.2 Å². The summed E-state index contributed by atoms with van der Waals surface area (Å²) in [7, 11) is 0. The van der Waals surface area contributed by atoms with Gasteiger partial charge in [-0.15, -0.1) is 0 Å². The Morgan fingerprint density at radius 1 is 1.15 bits per heavy atom. The van der Waals surface area contributed by atoms with Gasteiger partial charge in [-0.3, -0.25) is 9.63 Å². The third kappa shape index (κ3) is 5.34. The Bertz CT molecular complexity index is 673. The predicted molar refractivity (Wildman–Crippen MR) is 100 cm³/mol. The minimum atomic E-state index is -0.212. The lowest BCUT2D eigenvalue weighted by molar-refractivity contribution is -0.124. The molecule has 6 heteroatoms. The molecule has 0 unspecified atom stereocenters. The van der Waals surface area contributed by atoms with E-state index in [1.807, 2.05) is 0 Å². The number of amides is 1. The predicted octanol–water partition coefficient (Wildman–Crippen LogP) is 2.72. The van der Waals surface area contributed by atoms with Gasteiger partial charge in [-0.1, -0.05) is 30.3 Å². The van der Waals surface area contributed by atoms with E-state index in [2.05, 4.69) is 45.2 Å². The van der Waals surface area contributed by atoms with Crippen LogP contribution in [0, 0.1) is 5.92 Å². The van der Waals surface area contributed by atoms with Crippen molar-refractivity contribution in [2.24, 2.45) is 5.92 Å². The van der Waals surface area contributed by atoms with E-state index in [0.29, 0.717) is 18.5 Å². The highest BCUT2D eigenvalue weighted by atomic mass is 16.7. The number of rotatable bonds is 7. The van der Waals surface area contributed by atoms with Gasteiger partial charge in [0.15, 0.2) is 0 Å². The zero-order chi connectivity index (χ0) is 18.2. The number of likely N-dealkylation sites (tertiary alicyclic amines) is 1. The molecular formula is C20H26N4O2. The summed E-state index contributed by atoms with van der Waals surface area (Å²) in [6, 6.07) is 12.3. The first-order valence-corrected chi connectivity index (χ1v) is 9.19. The third-order valence-corrected chi connectivity index (χ3v) is 4.73. The van der Waals surface area contributed by atoms with Gasteiger partial charge >= 0.3 is 0 Å². The van der Waals surface area contributed by atoms with E-state index < -0.39 is 0 Å². The lowest BCUT2D eigenvalue weighted by atomic mass is 9.97. The Kier molecular flexibility index (Phi) is 6.68. The normalized spacial score (nSPS) is 15.7. The van der Waals surface area contributed by atoms with E-state index in [0.717, 1.165) is 38.9 Å². The van der Waals surface area contributed by atoms with Crippen molar-refractivity contribution in [2.75, 3.05) is 31.3 Å². The van der Waals surface area contributed by atoms with Gasteiger partial charge in [0.1, 0.15) is 0 Å². The van der Waals surface area contributed by atoms with E-state index in [1.165, 1.54) is 17.6 Å². The first-order valence-electron chi connectivity index (χ1n) is 9.19. The minimum Gasteiger partial charge on any atom is -0.303 e. The van der Waals surface area contributed by atoms with Crippen LogP contribution >= 0.6 is 0 Å². The summed E-state index contributed by atoms with van der Waals surface area (Å²) in [5.74, 6) is 0.533. The van der Waals surface area contributed by atoms with Gasteiger partial charge in [0.25, 0.3) is 11.9 Å². The van der Waals surface area contributed by atoms with Crippen LogP contribution in [-0.4, -0.2) is 47.0 Å². The monoisotopic (exact) mass is 354 g/mol. The second kappa shape index (κ2) is 9.40. The van der Waals surface area contributed by atoms with Crippen molar-refractivity contribution < 1.29 is 9.63 Å². The zero-order valence-corrected chi connectivity index (χ0v) is 15.3. The Morgan fingerprint density at radius 2 is 1.85 bits per heavy atom. The van der Waals surface area contributed by atoms with Crippen LogP contribution in [0.1, 0.15) is 25.3 Å². The summed E-state index contributed by atoms with van der Waals surface area (Å²) in [6.07, 6.45) is 6.46. The minimum absolute atomic E-state index is 0.212. The van der Waals surface area contributed by atoms with E-state index in [4.69, 9.17) is 4.84 Å². The first kappa shape index (κ1) is 18.5. The van der Waals surface area contributed by atoms with E-state index >= 15 is 0 Å². The molecule has 26 heavy (non-hydrogen) atoms. The number of benzene rings is 1. The van der Waals surface area contributed by atoms with Crippen LogP contribution < -0.4 is 5.06 Å². The molecule has 2 aromatic rings. The Hall–Kier alpha value is -2.31. The van der Waals surface area contributed by atoms with Crippen LogP contribution in [0.25, 0.3) is 0 Å². The largest absolute Gasteiger partial charge is 0.303 e. The van der Waals surface area contributed by atoms with E-state index in [-0.39, 0.29) is 5.91 Å². The highest BCUT2D eigenvalue weighted by Crippen LogP contribution is 2.19. The topological polar surface area (TPSA) is 58.6 Å². The van der Waals surface area contributed by atoms with Crippen molar-refractivity contribution >= 4 is 11.9 Å². The fourth-order valence-corrected chi connectivity index (χ4v) is 3.17. The summed E-state index contributed by atoms with van der Waals surface area (Å²) in [4.78, 5) is 28.2. The summed E-state index contributed by atoms with van der Waals surface area (Å²) < 4.78 is 0. The maximum atomic E-state index is 11.8. The molecule has 0 aliphatic carbocycles. The number of piperidine rings is 1. The first-order chi connectivity index (χ1) is 12.7. The van der Waals surface area contributed by atoms with Gasteiger partial charge in [0.2, 0.25) is 0 Å². The molecular weight excluding hydrogens is 328 g/mol. The summed E-state index contributed by atoms with van der Waals surface area (Å²) in [5.41, 5.74) is 1.39. The molecule has 0 saturated carbocycles. The molecule has 1 fully saturated rings. The summed E-state index contributed by atoms with van der Waals surface area (Å²) in [6.45, 7) is 5.22. The second-order valence-electron chi connectivity index (χ2n) is 6.68. The second-order valence-corrected chi connectivity index (χ2v) is 6.68. The fourth-order valence-electron chi connectivity index (χ4n) is 3.17. The molecule has 1 aliphatic heterocycles. The molecule has 0 N–H and O–H groups in total. The van der Waals surface area contributed by atoms with Gasteiger partial charge in [-0.05, 0) is 49.9 Å². The quantitative estimate of drug-likeness (QED) is 0.716. The average molecular weight is 354 g/mol. The lowest BCUT2D eigenvalue weighted by Crippen LogP contribution is -2.38. The van der Waals surface area contributed by atoms with Crippen LogP contribution in [0.3, 0.4) is 0 Å². The van der Waals surface area contributed by atoms with Gasteiger partial charge in [0, 0.05) is 25.9 Å². The number of hydrogen-bond acceptors (Lipinski definition) is 5. The number of carbonyl (C=O) groups is 1. The maximum Gasteiger partial charge on any atom is 0.257 e. The third-order valence-electron chi connectivity index (χ3n) is 4.73. The molecule has 1 aromatic carbocycles. The van der Waals surface area contributed by atoms with E-state index in [9.17, 15) is 4.79 Å². The molecule has 1 amide bonds. The summed E-state index contributed by atoms with van der Waals surface area (Å²) in [5, 5.41) is 1.20. The molecule has 0 atom stereocenters. The molecule has 2 heterocycles. The maximum absolute atomic E-state index is 11.8. The number of hydroxylamine groups is 1. The SMILES string of the molecule is CC(=O)N(OCC1CCN(CCc2ccccc2)CC1)c1ncccn1. The Balaban J connectivity index is 1.41. The molecule has 6 nitrogen and oxygen atoms in total. The van der Waals surface area contributed by atoms with Crippen LogP contribution in [0.4, 0.5) is 5.95 Å². The molecule has 138 valence electrons. The number of aromatic nitrogens is 2. The van der Waals surface area contributed by atoms with Gasteiger partial charge in [-0.2, -0.15) is 5.06 Å². The Labute approximate surface area is 154 Å². The van der Waals surface area contributed by atoms with Gasteiger partial charge in [0.05, 0.1) is 6.61 Å². The molecule has 1 aromatic heterocycles. The number of anilines is 1. The lowest BCUT2D eigenvalue weighted by Gasteiger charge is -2.32. The van der Waals surface area contributed by atoms with Gasteiger partial charge in [-0.25, -0.2) is 9.97 Å². The van der Waals surface area contributed by atoms with Crippen LogP contribution in [0.15, 0.2) is 48.8 Å². The molecule has 1 aliphatic rings. The zero-order valence-electron chi connectivity index (χ0n) is 15.3. The fraction of sp³-hybridized carbons (Fsp3) is 0.450. The molecule has 0 spiro atoms. The van der Waals surface area contributed by atoms with Crippen molar-refractivity contribution in [1.82, 2.24) is 14.9 Å². The molecule has 1 saturated heterocycles. The van der Waals surface area contributed by atoms with Crippen LogP contribution in [0.5, 0.6) is 0 Å². The van der Waals surface area contributed by atoms with E-state index in [1.54, 1.807) is 18.5 Å². The highest BCUT2D eigenvalue weighted by Gasteiger charge is 2.22. The number of nitrogens with zero attached hydrogens (tertiary/aromatic N) is 4. The molecule has 0 bridgehead atoms. The van der Waals surface area contributed by atoms with Crippen LogP contribution in [-0.2, 0) is 16.1 Å². The van der Waals surface area contributed by atoms with Crippen molar-refractivity contribution in [3.8, 4) is 0 Å². The Morgan fingerprint density at radius 3 is 2.50 bits per heavy atom. The standard InChI is InChI=1S/C20H26N4O2/c1-17(25)24(20-21-11-5-12-22-20)26-16-19-9-14-23(15-10-19)13-8-18-6-3-2-4-7-18/h2-7,11-12,19H,8-10,13-16H2,1H3. The smallest absolute Gasteiger partial charge is 0.257 e. The average Bonchev–Trinajstić information content (AvgIpc) is 2.69. The molecule has 0 radical (unpaired) electrons. The van der Waals surface area contributed by atoms with Crippen molar-refractivity contribution in [1.29, 1.82) is 0 Å². The van der Waals surface area contributed by atoms with Crippen LogP contribution in [0.2, 0.25) is 0 Å². The number of hydrogen-bond donors (Lipinski definition) is 0. The van der Waals surface area contributed by atoms with Crippen molar-refractivity contribution in [3.05, 3.63) is 54.4 Å². The number of carbonyl (C=O) groups excluding carboxylic acids is 1.